The maximum atomic E-state index is 11.9. The largest absolute Gasteiger partial charge is 0.482 e. The number of rotatable bonds is 0. The summed E-state index contributed by atoms with van der Waals surface area (Å²) in [5, 5.41) is 6.67. The second-order valence-electron chi connectivity index (χ2n) is 4.39. The molecule has 1 atom stereocenters. The van der Waals surface area contributed by atoms with Gasteiger partial charge in [-0.1, -0.05) is 23.2 Å². The first-order chi connectivity index (χ1) is 8.56. The standard InChI is InChI=1S/C12H10Cl2N2O2/c1-6-2-10-8-3-7(13)4-9(14)12(8)18-5-11(17)16(10)15-6/h3-4,10H,2,5H2,1H3. The molecule has 2 heterocycles. The van der Waals surface area contributed by atoms with Crippen LogP contribution in [0.5, 0.6) is 5.75 Å². The number of carbonyl (C=O) groups is 1. The fourth-order valence-corrected chi connectivity index (χ4v) is 2.88. The van der Waals surface area contributed by atoms with E-state index in [0.29, 0.717) is 22.2 Å². The van der Waals surface area contributed by atoms with Gasteiger partial charge in [0.2, 0.25) is 0 Å². The van der Waals surface area contributed by atoms with Gasteiger partial charge in [0, 0.05) is 22.7 Å². The average molecular weight is 285 g/mol. The molecule has 0 saturated carbocycles. The number of fused-ring (bicyclic) bond motifs is 3. The van der Waals surface area contributed by atoms with Gasteiger partial charge in [-0.3, -0.25) is 4.79 Å². The number of amides is 1. The van der Waals surface area contributed by atoms with Crippen LogP contribution in [0.2, 0.25) is 10.0 Å². The summed E-state index contributed by atoms with van der Waals surface area (Å²) in [6, 6.07) is 3.24. The monoisotopic (exact) mass is 284 g/mol. The minimum atomic E-state index is -0.166. The van der Waals surface area contributed by atoms with E-state index in [2.05, 4.69) is 5.10 Å². The van der Waals surface area contributed by atoms with E-state index in [-0.39, 0.29) is 18.6 Å². The highest BCUT2D eigenvalue weighted by Gasteiger charge is 2.36. The molecule has 0 bridgehead atoms. The summed E-state index contributed by atoms with van der Waals surface area (Å²) in [6.07, 6.45) is 0.679. The van der Waals surface area contributed by atoms with E-state index < -0.39 is 0 Å². The van der Waals surface area contributed by atoms with Crippen LogP contribution in [-0.4, -0.2) is 23.2 Å². The molecule has 1 unspecified atom stereocenters. The smallest absolute Gasteiger partial charge is 0.281 e. The summed E-state index contributed by atoms with van der Waals surface area (Å²) in [6.45, 7) is 1.84. The molecule has 6 heteroatoms. The molecule has 2 aliphatic rings. The van der Waals surface area contributed by atoms with Gasteiger partial charge in [0.1, 0.15) is 5.75 Å². The van der Waals surface area contributed by atoms with Gasteiger partial charge in [0.05, 0.1) is 11.1 Å². The minimum absolute atomic E-state index is 0.0539. The lowest BCUT2D eigenvalue weighted by Crippen LogP contribution is -2.28. The summed E-state index contributed by atoms with van der Waals surface area (Å²) < 4.78 is 5.47. The number of nitrogens with zero attached hydrogens (tertiary/aromatic N) is 2. The second kappa shape index (κ2) is 4.14. The summed E-state index contributed by atoms with van der Waals surface area (Å²) in [5.41, 5.74) is 1.73. The predicted molar refractivity (Wildman–Crippen MR) is 69.3 cm³/mol. The molecule has 0 saturated heterocycles. The highest BCUT2D eigenvalue weighted by Crippen LogP contribution is 2.43. The maximum absolute atomic E-state index is 11.9. The SMILES string of the molecule is CC1=NN2C(=O)COc3c(Cl)cc(Cl)cc3C2C1. The van der Waals surface area contributed by atoms with Crippen LogP contribution in [0.25, 0.3) is 0 Å². The summed E-state index contributed by atoms with van der Waals surface area (Å²) in [5.74, 6) is 0.368. The van der Waals surface area contributed by atoms with Gasteiger partial charge in [-0.2, -0.15) is 5.10 Å². The van der Waals surface area contributed by atoms with Crippen LogP contribution >= 0.6 is 23.2 Å². The van der Waals surface area contributed by atoms with E-state index in [0.717, 1.165) is 11.3 Å². The minimum Gasteiger partial charge on any atom is -0.482 e. The third-order valence-corrected chi connectivity index (χ3v) is 3.55. The third-order valence-electron chi connectivity index (χ3n) is 3.05. The molecular formula is C12H10Cl2N2O2. The van der Waals surface area contributed by atoms with E-state index in [9.17, 15) is 4.79 Å². The Labute approximate surface area is 114 Å². The highest BCUT2D eigenvalue weighted by molar-refractivity contribution is 6.35. The topological polar surface area (TPSA) is 41.9 Å². The Hall–Kier alpha value is -1.26. The number of hydrogen-bond acceptors (Lipinski definition) is 3. The van der Waals surface area contributed by atoms with Gasteiger partial charge in [-0.15, -0.1) is 0 Å². The van der Waals surface area contributed by atoms with Crippen molar-refractivity contribution in [1.82, 2.24) is 5.01 Å². The van der Waals surface area contributed by atoms with Gasteiger partial charge >= 0.3 is 0 Å². The number of carbonyl (C=O) groups excluding carboxylic acids is 1. The van der Waals surface area contributed by atoms with Crippen LogP contribution in [0.1, 0.15) is 24.9 Å². The highest BCUT2D eigenvalue weighted by atomic mass is 35.5. The molecule has 0 aliphatic carbocycles. The zero-order valence-electron chi connectivity index (χ0n) is 9.61. The van der Waals surface area contributed by atoms with E-state index in [1.807, 2.05) is 6.92 Å². The summed E-state index contributed by atoms with van der Waals surface area (Å²) in [7, 11) is 0. The molecule has 3 rings (SSSR count). The van der Waals surface area contributed by atoms with Crippen molar-refractivity contribution in [2.45, 2.75) is 19.4 Å². The van der Waals surface area contributed by atoms with Crippen LogP contribution in [0, 0.1) is 0 Å². The van der Waals surface area contributed by atoms with Crippen LogP contribution in [0.4, 0.5) is 0 Å². The molecule has 18 heavy (non-hydrogen) atoms. The van der Waals surface area contributed by atoms with Crippen LogP contribution < -0.4 is 4.74 Å². The number of benzene rings is 1. The lowest BCUT2D eigenvalue weighted by Gasteiger charge is -2.19. The van der Waals surface area contributed by atoms with Crippen LogP contribution in [0.3, 0.4) is 0 Å². The Balaban J connectivity index is 2.16. The molecule has 1 aromatic rings. The first-order valence-corrected chi connectivity index (χ1v) is 6.29. The van der Waals surface area contributed by atoms with E-state index >= 15 is 0 Å². The zero-order chi connectivity index (χ0) is 12.9. The summed E-state index contributed by atoms with van der Waals surface area (Å²) >= 11 is 12.1. The first kappa shape index (κ1) is 11.8. The average Bonchev–Trinajstić information content (AvgIpc) is 2.63. The van der Waals surface area contributed by atoms with Gasteiger partial charge in [-0.25, -0.2) is 5.01 Å². The Morgan fingerprint density at radius 1 is 1.44 bits per heavy atom. The molecular weight excluding hydrogens is 275 g/mol. The molecule has 1 amide bonds. The fraction of sp³-hybridized carbons (Fsp3) is 0.333. The fourth-order valence-electron chi connectivity index (χ4n) is 2.31. The van der Waals surface area contributed by atoms with Crippen molar-refractivity contribution in [1.29, 1.82) is 0 Å². The molecule has 0 aromatic heterocycles. The van der Waals surface area contributed by atoms with Crippen molar-refractivity contribution in [2.24, 2.45) is 5.10 Å². The van der Waals surface area contributed by atoms with E-state index in [4.69, 9.17) is 27.9 Å². The Bertz CT molecular complexity index is 571. The van der Waals surface area contributed by atoms with Gasteiger partial charge < -0.3 is 4.74 Å². The van der Waals surface area contributed by atoms with Crippen molar-refractivity contribution in [3.8, 4) is 5.75 Å². The number of hydrogen-bond donors (Lipinski definition) is 0. The van der Waals surface area contributed by atoms with E-state index in [1.54, 1.807) is 12.1 Å². The number of hydrazone groups is 1. The third kappa shape index (κ3) is 1.76. The molecule has 0 spiro atoms. The van der Waals surface area contributed by atoms with Crippen LogP contribution in [0.15, 0.2) is 17.2 Å². The van der Waals surface area contributed by atoms with Crippen molar-refractivity contribution >= 4 is 34.8 Å². The first-order valence-electron chi connectivity index (χ1n) is 5.54. The summed E-state index contributed by atoms with van der Waals surface area (Å²) in [4.78, 5) is 11.9. The number of ether oxygens (including phenoxy) is 1. The number of halogens is 2. The van der Waals surface area contributed by atoms with Crippen molar-refractivity contribution in [3.63, 3.8) is 0 Å². The van der Waals surface area contributed by atoms with Crippen molar-refractivity contribution in [2.75, 3.05) is 6.61 Å². The predicted octanol–water partition coefficient (Wildman–Crippen LogP) is 3.04. The molecule has 0 N–H and O–H groups in total. The van der Waals surface area contributed by atoms with Crippen molar-refractivity contribution < 1.29 is 9.53 Å². The van der Waals surface area contributed by atoms with Gasteiger partial charge in [0.15, 0.2) is 6.61 Å². The quantitative estimate of drug-likeness (QED) is 0.735. The van der Waals surface area contributed by atoms with Gasteiger partial charge in [-0.05, 0) is 19.1 Å². The lowest BCUT2D eigenvalue weighted by atomic mass is 10.0. The molecule has 4 nitrogen and oxygen atoms in total. The molecule has 94 valence electrons. The molecule has 2 aliphatic heterocycles. The Kier molecular flexibility index (Phi) is 2.72. The van der Waals surface area contributed by atoms with Crippen LogP contribution in [-0.2, 0) is 4.79 Å². The van der Waals surface area contributed by atoms with E-state index in [1.165, 1.54) is 5.01 Å². The molecule has 0 fully saturated rings. The maximum Gasteiger partial charge on any atom is 0.281 e. The van der Waals surface area contributed by atoms with Crippen molar-refractivity contribution in [3.05, 3.63) is 27.7 Å². The van der Waals surface area contributed by atoms with Gasteiger partial charge in [0.25, 0.3) is 5.91 Å². The Morgan fingerprint density at radius 2 is 2.22 bits per heavy atom. The Morgan fingerprint density at radius 3 is 3.00 bits per heavy atom. The zero-order valence-corrected chi connectivity index (χ0v) is 11.1. The normalized spacial score (nSPS) is 21.9. The second-order valence-corrected chi connectivity index (χ2v) is 5.23. The molecule has 0 radical (unpaired) electrons. The lowest BCUT2D eigenvalue weighted by molar-refractivity contribution is -0.134. The molecule has 1 aromatic carbocycles.